The molecule has 66 heavy (non-hydrogen) atoms. The van der Waals surface area contributed by atoms with Crippen LogP contribution in [0.1, 0.15) is 5.56 Å². The number of phenolic OH excluding ortho intramolecular Hbond substituents is 4. The largest absolute Gasteiger partial charge is 0.508 e. The first kappa shape index (κ1) is 48.3. The van der Waals surface area contributed by atoms with Gasteiger partial charge in [-0.3, -0.25) is 4.79 Å². The number of carbonyl (C=O) groups is 1. The van der Waals surface area contributed by atoms with E-state index in [1.54, 1.807) is 0 Å². The number of hydrogen-bond donors (Lipinski definition) is 14. The smallest absolute Gasteiger partial charge is 0.330 e. The number of aliphatic hydroxyl groups is 10. The van der Waals surface area contributed by atoms with Crippen LogP contribution >= 0.6 is 0 Å². The third kappa shape index (κ3) is 9.87. The second kappa shape index (κ2) is 20.0. The third-order valence-corrected chi connectivity index (χ3v) is 11.0. The summed E-state index contributed by atoms with van der Waals surface area (Å²) in [6, 6.07) is 10.6. The molecule has 3 saturated heterocycles. The van der Waals surface area contributed by atoms with E-state index in [9.17, 15) is 81.1 Å². The Morgan fingerprint density at radius 1 is 0.621 bits per heavy atom. The number of aliphatic hydroxyl groups excluding tert-OH is 10. The van der Waals surface area contributed by atoms with Crippen molar-refractivity contribution in [3.8, 4) is 45.8 Å². The van der Waals surface area contributed by atoms with Crippen LogP contribution in [0.15, 0.2) is 69.9 Å². The van der Waals surface area contributed by atoms with E-state index >= 15 is 0 Å². The summed E-state index contributed by atoms with van der Waals surface area (Å²) in [5.74, 6) is -4.43. The van der Waals surface area contributed by atoms with Gasteiger partial charge in [0.25, 0.3) is 0 Å². The van der Waals surface area contributed by atoms with Crippen molar-refractivity contribution in [2.45, 2.75) is 92.1 Å². The summed E-state index contributed by atoms with van der Waals surface area (Å²) in [7, 11) is 0. The van der Waals surface area contributed by atoms with Crippen LogP contribution in [0.3, 0.4) is 0 Å². The second-order valence-electron chi connectivity index (χ2n) is 15.4. The van der Waals surface area contributed by atoms with Crippen molar-refractivity contribution in [1.29, 1.82) is 0 Å². The maximum absolute atomic E-state index is 14.4. The molecule has 3 aliphatic heterocycles. The minimum absolute atomic E-state index is 0.0331. The van der Waals surface area contributed by atoms with Crippen LogP contribution in [0.2, 0.25) is 0 Å². The molecule has 24 nitrogen and oxygen atoms in total. The Morgan fingerprint density at radius 3 is 1.88 bits per heavy atom. The summed E-state index contributed by atoms with van der Waals surface area (Å²) in [5, 5.41) is 145. The Balaban J connectivity index is 1.18. The van der Waals surface area contributed by atoms with Gasteiger partial charge in [-0.25, -0.2) is 4.79 Å². The topological polar surface area (TPSA) is 395 Å². The number of ether oxygens (including phenoxy) is 7. The van der Waals surface area contributed by atoms with Gasteiger partial charge in [-0.05, 0) is 48.0 Å². The first-order valence-electron chi connectivity index (χ1n) is 20.0. The molecule has 3 aromatic carbocycles. The number of fused-ring (bicyclic) bond motifs is 1. The fraction of sp³-hybridized carbons (Fsp3) is 0.429. The highest BCUT2D eigenvalue weighted by atomic mass is 16.8. The highest BCUT2D eigenvalue weighted by Crippen LogP contribution is 2.39. The quantitative estimate of drug-likeness (QED) is 0.0355. The zero-order valence-corrected chi connectivity index (χ0v) is 34.0. The summed E-state index contributed by atoms with van der Waals surface area (Å²) < 4.78 is 45.4. The lowest BCUT2D eigenvalue weighted by molar-refractivity contribution is -0.358. The standard InChI is InChI=1S/C42H46O24/c43-12-23-28(50)32(54)35(57)40(62-23)60-18-10-21(48)27-22(11-18)61-37(16-3-5-17(45)6-4-16)38(31(27)53)65-42-39(34(56)29(51)24(13-44)63-42)66-41-36(58)33(55)30(52)25(64-41)14-59-26(49)8-2-15-1-7-19(46)20(47)9-15/h1-11,23-25,28-30,32-36,39-48,50-52,54-58H,12-14H2/b8-2+/t23-,24-,25-,28-,29-,30-,32+,33+,34+,35-,36-,39-,40-,41+,42+/m1/s1. The van der Waals surface area contributed by atoms with Crippen molar-refractivity contribution in [3.63, 3.8) is 0 Å². The molecule has 15 atom stereocenters. The summed E-state index contributed by atoms with van der Waals surface area (Å²) in [6.45, 7) is -2.48. The second-order valence-corrected chi connectivity index (χ2v) is 15.4. The fourth-order valence-corrected chi connectivity index (χ4v) is 7.29. The normalized spacial score (nSPS) is 32.6. The molecule has 1 aromatic heterocycles. The molecule has 3 fully saturated rings. The molecular formula is C42H46O24. The number of phenols is 4. The molecule has 4 heterocycles. The van der Waals surface area contributed by atoms with Gasteiger partial charge in [0.1, 0.15) is 102 Å². The van der Waals surface area contributed by atoms with Crippen molar-refractivity contribution in [2.75, 3.05) is 19.8 Å². The molecule has 0 spiro atoms. The van der Waals surface area contributed by atoms with Gasteiger partial charge in [0.05, 0.1) is 13.2 Å². The Morgan fingerprint density at radius 2 is 1.23 bits per heavy atom. The van der Waals surface area contributed by atoms with E-state index in [2.05, 4.69) is 0 Å². The Kier molecular flexibility index (Phi) is 14.7. The van der Waals surface area contributed by atoms with E-state index in [1.807, 2.05) is 0 Å². The molecule has 14 N–H and O–H groups in total. The third-order valence-electron chi connectivity index (χ3n) is 11.0. The van der Waals surface area contributed by atoms with Crippen LogP contribution in [0.25, 0.3) is 28.4 Å². The van der Waals surface area contributed by atoms with Gasteiger partial charge in [0.2, 0.25) is 23.8 Å². The van der Waals surface area contributed by atoms with Gasteiger partial charge in [-0.15, -0.1) is 0 Å². The van der Waals surface area contributed by atoms with Crippen LogP contribution < -0.4 is 14.9 Å². The minimum Gasteiger partial charge on any atom is -0.508 e. The average molecular weight is 935 g/mol. The number of carbonyl (C=O) groups excluding carboxylic acids is 1. The molecule has 0 saturated carbocycles. The van der Waals surface area contributed by atoms with E-state index in [0.717, 1.165) is 24.3 Å². The average Bonchev–Trinajstić information content (AvgIpc) is 3.29. The van der Waals surface area contributed by atoms with Gasteiger partial charge < -0.3 is 109 Å². The SMILES string of the molecule is O=C(/C=C/c1ccc(O)c(O)c1)OC[C@H]1O[C@@H](O[C@H]2[C@H](Oc3c(-c4ccc(O)cc4)oc4cc(O[C@@H]5O[C@H](CO)[C@@H](O)[C@H](O)[C@H]5O)cc(O)c4c3=O)O[C@H](CO)[C@@H](O)[C@@H]2O)[C@H](O)[C@@H](O)[C@@H]1O. The molecule has 358 valence electrons. The van der Waals surface area contributed by atoms with E-state index in [0.29, 0.717) is 5.56 Å². The Labute approximate surface area is 370 Å². The van der Waals surface area contributed by atoms with Crippen molar-refractivity contribution in [1.82, 2.24) is 0 Å². The number of esters is 1. The van der Waals surface area contributed by atoms with Crippen LogP contribution in [0.4, 0.5) is 0 Å². The zero-order valence-electron chi connectivity index (χ0n) is 34.0. The van der Waals surface area contributed by atoms with E-state index in [4.69, 9.17) is 37.6 Å². The Bertz CT molecular complexity index is 2420. The number of rotatable bonds is 13. The summed E-state index contributed by atoms with van der Waals surface area (Å²) in [5.41, 5.74) is -1.21. The molecule has 0 aliphatic carbocycles. The van der Waals surface area contributed by atoms with Crippen molar-refractivity contribution in [2.24, 2.45) is 0 Å². The lowest BCUT2D eigenvalue weighted by Gasteiger charge is -2.45. The first-order chi connectivity index (χ1) is 31.4. The molecule has 0 radical (unpaired) electrons. The van der Waals surface area contributed by atoms with Crippen LogP contribution in [-0.4, -0.2) is 189 Å². The molecule has 4 aromatic rings. The highest BCUT2D eigenvalue weighted by molar-refractivity contribution is 5.88. The number of hydrogen-bond acceptors (Lipinski definition) is 24. The predicted molar refractivity (Wildman–Crippen MR) is 215 cm³/mol. The monoisotopic (exact) mass is 934 g/mol. The zero-order chi connectivity index (χ0) is 47.7. The fourth-order valence-electron chi connectivity index (χ4n) is 7.29. The summed E-state index contributed by atoms with van der Waals surface area (Å²) in [4.78, 5) is 26.9. The van der Waals surface area contributed by atoms with E-state index in [1.165, 1.54) is 42.5 Å². The van der Waals surface area contributed by atoms with Gasteiger partial charge in [-0.1, -0.05) is 6.07 Å². The molecule has 3 aliphatic rings. The number of benzene rings is 3. The first-order valence-corrected chi connectivity index (χ1v) is 20.0. The van der Waals surface area contributed by atoms with Crippen LogP contribution in [0, 0.1) is 0 Å². The van der Waals surface area contributed by atoms with Crippen LogP contribution in [-0.2, 0) is 28.5 Å². The molecule has 0 unspecified atom stereocenters. The maximum atomic E-state index is 14.4. The highest BCUT2D eigenvalue weighted by Gasteiger charge is 2.52. The lowest BCUT2D eigenvalue weighted by atomic mass is 9.97. The molecular weight excluding hydrogens is 888 g/mol. The number of aromatic hydroxyl groups is 4. The van der Waals surface area contributed by atoms with Gasteiger partial charge in [0.15, 0.2) is 29.7 Å². The van der Waals surface area contributed by atoms with Gasteiger partial charge in [-0.2, -0.15) is 0 Å². The van der Waals surface area contributed by atoms with E-state index < -0.39 is 163 Å². The van der Waals surface area contributed by atoms with Crippen LogP contribution in [0.5, 0.6) is 34.5 Å². The van der Waals surface area contributed by atoms with Crippen molar-refractivity contribution < 1.29 is 114 Å². The van der Waals surface area contributed by atoms with Gasteiger partial charge in [0, 0.05) is 23.8 Å². The molecule has 0 amide bonds. The van der Waals surface area contributed by atoms with E-state index in [-0.39, 0.29) is 17.1 Å². The summed E-state index contributed by atoms with van der Waals surface area (Å²) in [6.07, 6.45) is -25.8. The molecule has 7 rings (SSSR count). The predicted octanol–water partition coefficient (Wildman–Crippen LogP) is -3.27. The van der Waals surface area contributed by atoms with Crippen molar-refractivity contribution in [3.05, 3.63) is 76.5 Å². The maximum Gasteiger partial charge on any atom is 0.330 e. The lowest BCUT2D eigenvalue weighted by Crippen LogP contribution is -2.65. The molecule has 0 bridgehead atoms. The molecule has 24 heteroatoms. The van der Waals surface area contributed by atoms with Gasteiger partial charge >= 0.3 is 5.97 Å². The van der Waals surface area contributed by atoms with Crippen molar-refractivity contribution >= 4 is 23.0 Å². The minimum atomic E-state index is -2.11. The summed E-state index contributed by atoms with van der Waals surface area (Å²) >= 11 is 0. The Hall–Kier alpha value is -5.68.